The maximum atomic E-state index is 13.4. The van der Waals surface area contributed by atoms with Gasteiger partial charge in [0.2, 0.25) is 0 Å². The van der Waals surface area contributed by atoms with Crippen LogP contribution in [-0.4, -0.2) is 30.6 Å². The molecule has 0 spiro atoms. The molecule has 5 heteroatoms. The van der Waals surface area contributed by atoms with Gasteiger partial charge >= 0.3 is 6.03 Å². The molecule has 1 heterocycles. The first kappa shape index (κ1) is 19.6. The second kappa shape index (κ2) is 8.33. The predicted octanol–water partition coefficient (Wildman–Crippen LogP) is 4.80. The number of hydrogen-bond donors (Lipinski definition) is 1. The van der Waals surface area contributed by atoms with Gasteiger partial charge in [-0.2, -0.15) is 0 Å². The van der Waals surface area contributed by atoms with Gasteiger partial charge in [-0.25, -0.2) is 4.79 Å². The molecule has 1 aliphatic rings. The quantitative estimate of drug-likeness (QED) is 0.606. The normalized spacial score (nSPS) is 16.0. The van der Waals surface area contributed by atoms with Crippen molar-refractivity contribution in [2.24, 2.45) is 0 Å². The Kier molecular flexibility index (Phi) is 5.44. The third-order valence-electron chi connectivity index (χ3n) is 5.43. The average molecular weight is 399 g/mol. The fraction of sp³-hybridized carbons (Fsp3) is 0.160. The van der Waals surface area contributed by atoms with Gasteiger partial charge in [0.05, 0.1) is 13.2 Å². The van der Waals surface area contributed by atoms with Crippen LogP contribution in [0.25, 0.3) is 5.57 Å². The molecule has 3 aromatic rings. The van der Waals surface area contributed by atoms with Gasteiger partial charge in [-0.15, -0.1) is 0 Å². The van der Waals surface area contributed by atoms with Crippen molar-refractivity contribution in [1.29, 1.82) is 0 Å². The number of nitrogens with zero attached hydrogens (tertiary/aromatic N) is 2. The molecule has 1 unspecified atom stereocenters. The molecular weight excluding hydrogens is 374 g/mol. The number of nitrogens with two attached hydrogens (primary N) is 1. The lowest BCUT2D eigenvalue weighted by atomic mass is 9.99. The van der Waals surface area contributed by atoms with E-state index in [1.54, 1.807) is 7.11 Å². The van der Waals surface area contributed by atoms with Crippen LogP contribution in [0.1, 0.15) is 11.1 Å². The van der Waals surface area contributed by atoms with E-state index in [1.807, 2.05) is 88.7 Å². The van der Waals surface area contributed by atoms with E-state index >= 15 is 0 Å². The largest absolute Gasteiger partial charge is 0.497 e. The molecule has 1 aliphatic heterocycles. The van der Waals surface area contributed by atoms with Crippen molar-refractivity contribution in [3.63, 3.8) is 0 Å². The first-order valence-electron chi connectivity index (χ1n) is 9.87. The van der Waals surface area contributed by atoms with E-state index in [0.717, 1.165) is 28.1 Å². The Hall–Kier alpha value is -3.73. The minimum absolute atomic E-state index is 0.0291. The Morgan fingerprint density at radius 2 is 1.70 bits per heavy atom. The molecule has 30 heavy (non-hydrogen) atoms. The monoisotopic (exact) mass is 399 g/mol. The lowest BCUT2D eigenvalue weighted by molar-refractivity contribution is 0.218. The molecular formula is C25H25N3O2. The van der Waals surface area contributed by atoms with Gasteiger partial charge in [-0.3, -0.25) is 4.90 Å². The lowest BCUT2D eigenvalue weighted by Crippen LogP contribution is -2.35. The Bertz CT molecular complexity index is 1030. The fourth-order valence-corrected chi connectivity index (χ4v) is 3.77. The number of ether oxygens (including phenoxy) is 1. The van der Waals surface area contributed by atoms with Crippen molar-refractivity contribution in [3.8, 4) is 5.75 Å². The first-order chi connectivity index (χ1) is 14.6. The van der Waals surface area contributed by atoms with E-state index < -0.39 is 0 Å². The number of amides is 2. The number of rotatable bonds is 6. The van der Waals surface area contributed by atoms with E-state index in [9.17, 15) is 4.79 Å². The second-order valence-electron chi connectivity index (χ2n) is 7.38. The van der Waals surface area contributed by atoms with Crippen molar-refractivity contribution in [2.45, 2.75) is 12.6 Å². The van der Waals surface area contributed by atoms with Gasteiger partial charge in [0.25, 0.3) is 0 Å². The maximum Gasteiger partial charge on any atom is 0.325 e. The van der Waals surface area contributed by atoms with Gasteiger partial charge in [0.1, 0.15) is 5.75 Å². The van der Waals surface area contributed by atoms with Gasteiger partial charge in [0.15, 0.2) is 0 Å². The van der Waals surface area contributed by atoms with Crippen LogP contribution in [0.5, 0.6) is 5.75 Å². The van der Waals surface area contributed by atoms with Crippen LogP contribution in [0.15, 0.2) is 85.4 Å². The highest BCUT2D eigenvalue weighted by Crippen LogP contribution is 2.33. The summed E-state index contributed by atoms with van der Waals surface area (Å²) in [6.45, 7) is 5.42. The van der Waals surface area contributed by atoms with E-state index in [1.165, 1.54) is 0 Å². The molecule has 2 N–H and O–H groups in total. The van der Waals surface area contributed by atoms with Crippen molar-refractivity contribution in [3.05, 3.63) is 96.6 Å². The topological polar surface area (TPSA) is 58.8 Å². The molecule has 2 amide bonds. The molecule has 0 aliphatic carbocycles. The van der Waals surface area contributed by atoms with Crippen molar-refractivity contribution in [1.82, 2.24) is 4.90 Å². The van der Waals surface area contributed by atoms with Crippen LogP contribution in [0, 0.1) is 0 Å². The Labute approximate surface area is 177 Å². The molecule has 0 radical (unpaired) electrons. The summed E-state index contributed by atoms with van der Waals surface area (Å²) in [6, 6.07) is 25.0. The van der Waals surface area contributed by atoms with Crippen LogP contribution >= 0.6 is 0 Å². The molecule has 0 aromatic heterocycles. The molecule has 5 nitrogen and oxygen atoms in total. The highest BCUT2D eigenvalue weighted by molar-refractivity contribution is 5.98. The number of urea groups is 1. The van der Waals surface area contributed by atoms with Crippen molar-refractivity contribution >= 4 is 23.0 Å². The van der Waals surface area contributed by atoms with Crippen LogP contribution < -0.4 is 15.4 Å². The fourth-order valence-electron chi connectivity index (χ4n) is 3.77. The standard InChI is InChI=1S/C25H25N3O2/c1-18(20-10-12-21(26)13-11-20)24-17-27(16-19-8-14-23(30-2)15-9-19)25(29)28(24)22-6-4-3-5-7-22/h3-15,24H,1,16-17,26H2,2H3. The Balaban J connectivity index is 1.63. The van der Waals surface area contributed by atoms with E-state index in [0.29, 0.717) is 18.8 Å². The minimum Gasteiger partial charge on any atom is -0.497 e. The number of methoxy groups -OCH3 is 1. The van der Waals surface area contributed by atoms with Crippen molar-refractivity contribution < 1.29 is 9.53 Å². The number of hydrogen-bond acceptors (Lipinski definition) is 3. The molecule has 1 atom stereocenters. The highest BCUT2D eigenvalue weighted by Gasteiger charge is 2.39. The number of carbonyl (C=O) groups is 1. The Morgan fingerprint density at radius 1 is 1.03 bits per heavy atom. The van der Waals surface area contributed by atoms with Gasteiger partial charge in [0, 0.05) is 24.5 Å². The third kappa shape index (κ3) is 3.87. The summed E-state index contributed by atoms with van der Waals surface area (Å²) in [5.41, 5.74) is 10.3. The summed E-state index contributed by atoms with van der Waals surface area (Å²) in [5.74, 6) is 0.798. The smallest absolute Gasteiger partial charge is 0.325 e. The molecule has 0 bridgehead atoms. The SMILES string of the molecule is C=C(c1ccc(N)cc1)C1CN(Cc2ccc(OC)cc2)C(=O)N1c1ccccc1. The minimum atomic E-state index is -0.165. The van der Waals surface area contributed by atoms with Crippen LogP contribution in [0.2, 0.25) is 0 Å². The maximum absolute atomic E-state index is 13.4. The number of anilines is 2. The summed E-state index contributed by atoms with van der Waals surface area (Å²) < 4.78 is 5.23. The molecule has 0 saturated carbocycles. The van der Waals surface area contributed by atoms with Gasteiger partial charge < -0.3 is 15.4 Å². The summed E-state index contributed by atoms with van der Waals surface area (Å²) >= 11 is 0. The van der Waals surface area contributed by atoms with E-state index in [2.05, 4.69) is 6.58 Å². The van der Waals surface area contributed by atoms with Gasteiger partial charge in [-0.1, -0.05) is 49.0 Å². The number of nitrogen functional groups attached to an aromatic ring is 1. The zero-order valence-electron chi connectivity index (χ0n) is 17.0. The zero-order valence-corrected chi connectivity index (χ0v) is 17.0. The first-order valence-corrected chi connectivity index (χ1v) is 9.87. The Morgan fingerprint density at radius 3 is 2.33 bits per heavy atom. The van der Waals surface area contributed by atoms with E-state index in [4.69, 9.17) is 10.5 Å². The number of benzene rings is 3. The van der Waals surface area contributed by atoms with Crippen LogP contribution in [-0.2, 0) is 6.54 Å². The van der Waals surface area contributed by atoms with Crippen LogP contribution in [0.4, 0.5) is 16.2 Å². The third-order valence-corrected chi connectivity index (χ3v) is 5.43. The van der Waals surface area contributed by atoms with Crippen molar-refractivity contribution in [2.75, 3.05) is 24.3 Å². The van der Waals surface area contributed by atoms with E-state index in [-0.39, 0.29) is 12.1 Å². The molecule has 3 aromatic carbocycles. The number of carbonyl (C=O) groups excluding carboxylic acids is 1. The van der Waals surface area contributed by atoms with Gasteiger partial charge in [-0.05, 0) is 53.1 Å². The average Bonchev–Trinajstić information content (AvgIpc) is 3.11. The summed E-state index contributed by atoms with van der Waals surface area (Å²) in [6.07, 6.45) is 0. The van der Waals surface area contributed by atoms with Crippen LogP contribution in [0.3, 0.4) is 0 Å². The molecule has 152 valence electrons. The molecule has 1 saturated heterocycles. The predicted molar refractivity (Wildman–Crippen MR) is 121 cm³/mol. The summed E-state index contributed by atoms with van der Waals surface area (Å²) in [4.78, 5) is 17.1. The number of para-hydroxylation sites is 1. The molecule has 4 rings (SSSR count). The zero-order chi connectivity index (χ0) is 21.1. The highest BCUT2D eigenvalue weighted by atomic mass is 16.5. The lowest BCUT2D eigenvalue weighted by Gasteiger charge is -2.25. The summed E-state index contributed by atoms with van der Waals surface area (Å²) in [5, 5.41) is 0. The second-order valence-corrected chi connectivity index (χ2v) is 7.38. The summed E-state index contributed by atoms with van der Waals surface area (Å²) in [7, 11) is 1.64. The molecule has 1 fully saturated rings.